The average Bonchev–Trinajstić information content (AvgIpc) is 3.04. The van der Waals surface area contributed by atoms with Crippen molar-refractivity contribution in [2.45, 2.75) is 26.2 Å². The van der Waals surface area contributed by atoms with Gasteiger partial charge in [-0.2, -0.15) is 4.98 Å². The molecule has 0 saturated heterocycles. The van der Waals surface area contributed by atoms with Crippen LogP contribution in [0.15, 0.2) is 39.3 Å². The second kappa shape index (κ2) is 5.28. The fourth-order valence-electron chi connectivity index (χ4n) is 2.05. The van der Waals surface area contributed by atoms with Gasteiger partial charge in [-0.1, -0.05) is 30.3 Å². The Kier molecular flexibility index (Phi) is 3.33. The van der Waals surface area contributed by atoms with E-state index >= 15 is 0 Å². The molecule has 2 heterocycles. The van der Waals surface area contributed by atoms with E-state index in [1.807, 2.05) is 37.3 Å². The number of rotatable bonds is 5. The lowest BCUT2D eigenvalue weighted by Gasteiger charge is -1.91. The molecule has 3 rings (SSSR count). The molecule has 3 aromatic rings. The van der Waals surface area contributed by atoms with Gasteiger partial charge < -0.3 is 8.94 Å². The molecule has 0 radical (unpaired) electrons. The molecule has 0 aliphatic carbocycles. The first-order chi connectivity index (χ1) is 9.76. The Bertz CT molecular complexity index is 709. The van der Waals surface area contributed by atoms with Gasteiger partial charge in [0.2, 0.25) is 11.7 Å². The zero-order valence-electron chi connectivity index (χ0n) is 11.1. The van der Waals surface area contributed by atoms with Crippen LogP contribution in [-0.4, -0.2) is 15.9 Å². The summed E-state index contributed by atoms with van der Waals surface area (Å²) in [5, 5.41) is 4.85. The highest BCUT2D eigenvalue weighted by molar-refractivity contribution is 5.82. The second-order valence-electron chi connectivity index (χ2n) is 4.63. The van der Waals surface area contributed by atoms with Crippen molar-refractivity contribution in [3.8, 4) is 11.6 Å². The zero-order chi connectivity index (χ0) is 13.9. The topological polar surface area (TPSA) is 69.1 Å². The first kappa shape index (κ1) is 12.6. The van der Waals surface area contributed by atoms with Crippen molar-refractivity contribution in [3.63, 3.8) is 0 Å². The minimum absolute atomic E-state index is 0.104. The molecule has 0 atom stereocenters. The normalized spacial score (nSPS) is 11.1. The van der Waals surface area contributed by atoms with Gasteiger partial charge in [0.1, 0.15) is 11.4 Å². The van der Waals surface area contributed by atoms with E-state index < -0.39 is 0 Å². The number of nitrogens with zero attached hydrogens (tertiary/aromatic N) is 2. The van der Waals surface area contributed by atoms with Gasteiger partial charge in [0.05, 0.1) is 6.42 Å². The molecule has 0 aliphatic rings. The molecule has 20 heavy (non-hydrogen) atoms. The Morgan fingerprint density at radius 1 is 1.30 bits per heavy atom. The largest absolute Gasteiger partial charge is 0.453 e. The Morgan fingerprint density at radius 3 is 2.95 bits per heavy atom. The summed E-state index contributed by atoms with van der Waals surface area (Å²) < 4.78 is 10.7. The maximum Gasteiger partial charge on any atom is 0.238 e. The number of fused-ring (bicyclic) bond motifs is 1. The molecule has 0 bridgehead atoms. The third-order valence-electron chi connectivity index (χ3n) is 2.99. The quantitative estimate of drug-likeness (QED) is 0.710. The van der Waals surface area contributed by atoms with Crippen LogP contribution >= 0.6 is 0 Å². The molecular formula is C15H14N2O3. The first-order valence-corrected chi connectivity index (χ1v) is 6.59. The average molecular weight is 270 g/mol. The maximum atomic E-state index is 11.5. The van der Waals surface area contributed by atoms with Crippen molar-refractivity contribution in [2.75, 3.05) is 0 Å². The van der Waals surface area contributed by atoms with E-state index in [0.29, 0.717) is 23.9 Å². The lowest BCUT2D eigenvalue weighted by Crippen LogP contribution is -2.01. The molecule has 0 amide bonds. The van der Waals surface area contributed by atoms with Crippen LogP contribution in [0.25, 0.3) is 22.6 Å². The van der Waals surface area contributed by atoms with Gasteiger partial charge in [-0.3, -0.25) is 4.79 Å². The van der Waals surface area contributed by atoms with Gasteiger partial charge in [0, 0.05) is 11.8 Å². The maximum absolute atomic E-state index is 11.5. The summed E-state index contributed by atoms with van der Waals surface area (Å²) in [5.41, 5.74) is 0.774. The van der Waals surface area contributed by atoms with E-state index in [2.05, 4.69) is 10.1 Å². The Balaban J connectivity index is 1.84. The molecule has 5 heteroatoms. The van der Waals surface area contributed by atoms with Gasteiger partial charge in [0.15, 0.2) is 5.76 Å². The minimum atomic E-state index is 0.104. The van der Waals surface area contributed by atoms with E-state index in [0.717, 1.165) is 17.4 Å². The number of hydrogen-bond acceptors (Lipinski definition) is 5. The van der Waals surface area contributed by atoms with Crippen LogP contribution in [0, 0.1) is 0 Å². The summed E-state index contributed by atoms with van der Waals surface area (Å²) in [4.78, 5) is 15.8. The van der Waals surface area contributed by atoms with Crippen LogP contribution < -0.4 is 0 Å². The Morgan fingerprint density at radius 2 is 2.15 bits per heavy atom. The number of ketones is 1. The molecule has 0 saturated carbocycles. The van der Waals surface area contributed by atoms with Crippen LogP contribution in [0.4, 0.5) is 0 Å². The molecule has 0 unspecified atom stereocenters. The SMILES string of the molecule is CCCC(=O)Cc1nc(-c2cc3ccccc3o2)no1. The van der Waals surface area contributed by atoms with Crippen molar-refractivity contribution in [1.29, 1.82) is 0 Å². The van der Waals surface area contributed by atoms with Crippen molar-refractivity contribution in [2.24, 2.45) is 0 Å². The molecule has 102 valence electrons. The fourth-order valence-corrected chi connectivity index (χ4v) is 2.05. The van der Waals surface area contributed by atoms with Gasteiger partial charge >= 0.3 is 0 Å². The van der Waals surface area contributed by atoms with E-state index in [-0.39, 0.29) is 12.2 Å². The van der Waals surface area contributed by atoms with Crippen LogP contribution in [-0.2, 0) is 11.2 Å². The molecular weight excluding hydrogens is 256 g/mol. The number of aromatic nitrogens is 2. The second-order valence-corrected chi connectivity index (χ2v) is 4.63. The minimum Gasteiger partial charge on any atom is -0.453 e. The molecule has 0 fully saturated rings. The van der Waals surface area contributed by atoms with Gasteiger partial charge in [-0.25, -0.2) is 0 Å². The predicted molar refractivity (Wildman–Crippen MR) is 73.1 cm³/mol. The predicted octanol–water partition coefficient (Wildman–Crippen LogP) is 3.39. The highest BCUT2D eigenvalue weighted by Gasteiger charge is 2.15. The van der Waals surface area contributed by atoms with Gasteiger partial charge in [-0.05, 0) is 18.6 Å². The van der Waals surface area contributed by atoms with E-state index in [9.17, 15) is 4.79 Å². The summed E-state index contributed by atoms with van der Waals surface area (Å²) >= 11 is 0. The summed E-state index contributed by atoms with van der Waals surface area (Å²) in [6, 6.07) is 9.53. The van der Waals surface area contributed by atoms with E-state index in [1.54, 1.807) is 0 Å². The lowest BCUT2D eigenvalue weighted by molar-refractivity contribution is -0.118. The molecule has 1 aromatic carbocycles. The fraction of sp³-hybridized carbons (Fsp3) is 0.267. The van der Waals surface area contributed by atoms with Crippen molar-refractivity contribution in [1.82, 2.24) is 10.1 Å². The third-order valence-corrected chi connectivity index (χ3v) is 2.99. The number of benzene rings is 1. The number of carbonyl (C=O) groups excluding carboxylic acids is 1. The molecule has 0 spiro atoms. The number of Topliss-reactive ketones (excluding diaryl/α,β-unsaturated/α-hetero) is 1. The molecule has 2 aromatic heterocycles. The number of furan rings is 1. The number of hydrogen-bond donors (Lipinski definition) is 0. The van der Waals surface area contributed by atoms with Crippen LogP contribution in [0.1, 0.15) is 25.7 Å². The summed E-state index contributed by atoms with van der Waals surface area (Å²) in [6.07, 6.45) is 1.53. The third kappa shape index (κ3) is 2.47. The Labute approximate surface area is 115 Å². The summed E-state index contributed by atoms with van der Waals surface area (Å²) in [7, 11) is 0. The molecule has 5 nitrogen and oxygen atoms in total. The van der Waals surface area contributed by atoms with Crippen molar-refractivity contribution < 1.29 is 13.7 Å². The van der Waals surface area contributed by atoms with Crippen molar-refractivity contribution in [3.05, 3.63) is 36.2 Å². The Hall–Kier alpha value is -2.43. The highest BCUT2D eigenvalue weighted by atomic mass is 16.5. The summed E-state index contributed by atoms with van der Waals surface area (Å²) in [6.45, 7) is 1.96. The van der Waals surface area contributed by atoms with E-state index in [4.69, 9.17) is 8.94 Å². The number of para-hydroxylation sites is 1. The smallest absolute Gasteiger partial charge is 0.238 e. The van der Waals surface area contributed by atoms with Crippen LogP contribution in [0.3, 0.4) is 0 Å². The van der Waals surface area contributed by atoms with Crippen LogP contribution in [0.5, 0.6) is 0 Å². The summed E-state index contributed by atoms with van der Waals surface area (Å²) in [5.74, 6) is 1.36. The first-order valence-electron chi connectivity index (χ1n) is 6.59. The van der Waals surface area contributed by atoms with Gasteiger partial charge in [0.25, 0.3) is 0 Å². The lowest BCUT2D eigenvalue weighted by atomic mass is 10.2. The molecule has 0 N–H and O–H groups in total. The van der Waals surface area contributed by atoms with Gasteiger partial charge in [-0.15, -0.1) is 0 Å². The monoisotopic (exact) mass is 270 g/mol. The van der Waals surface area contributed by atoms with Crippen LogP contribution in [0.2, 0.25) is 0 Å². The standard InChI is InChI=1S/C15H14N2O3/c1-2-5-11(18)9-14-16-15(17-20-14)13-8-10-6-3-4-7-12(10)19-13/h3-4,6-8H,2,5,9H2,1H3. The zero-order valence-corrected chi connectivity index (χ0v) is 11.1. The number of carbonyl (C=O) groups is 1. The van der Waals surface area contributed by atoms with Crippen molar-refractivity contribution >= 4 is 16.8 Å². The van der Waals surface area contributed by atoms with E-state index in [1.165, 1.54) is 0 Å². The highest BCUT2D eigenvalue weighted by Crippen LogP contribution is 2.25. The molecule has 0 aliphatic heterocycles.